The molecule has 9 heteroatoms. The van der Waals surface area contributed by atoms with Crippen molar-refractivity contribution in [3.05, 3.63) is 99.0 Å². The standard InChI is InChI=1S/C27H22BrClN4O2S/c1-16-2-4-17(5-3-16)22-14-23(18-6-8-19(28)9-7-18)33(31-22)27(30)36-24-15-25(34)32(26(24)35)21-12-10-20(29)11-13-21/h2-13,23-24,30H,14-15H2,1H3. The van der Waals surface area contributed by atoms with Crippen LogP contribution in [0.1, 0.15) is 35.6 Å². The van der Waals surface area contributed by atoms with Crippen LogP contribution in [0.15, 0.2) is 82.4 Å². The van der Waals surface area contributed by atoms with E-state index in [0.29, 0.717) is 17.1 Å². The molecule has 182 valence electrons. The van der Waals surface area contributed by atoms with E-state index in [1.54, 1.807) is 29.3 Å². The lowest BCUT2D eigenvalue weighted by Gasteiger charge is -2.24. The van der Waals surface area contributed by atoms with E-state index in [9.17, 15) is 9.59 Å². The van der Waals surface area contributed by atoms with Gasteiger partial charge in [0.15, 0.2) is 5.17 Å². The van der Waals surface area contributed by atoms with Crippen LogP contribution in [0, 0.1) is 12.3 Å². The fourth-order valence-corrected chi connectivity index (χ4v) is 5.68. The van der Waals surface area contributed by atoms with Crippen molar-refractivity contribution in [2.45, 2.75) is 31.1 Å². The first kappa shape index (κ1) is 24.7. The number of halogens is 2. The number of carbonyl (C=O) groups is 2. The van der Waals surface area contributed by atoms with Crippen LogP contribution in [0.2, 0.25) is 5.02 Å². The Balaban J connectivity index is 1.39. The molecule has 0 bridgehead atoms. The molecule has 5 rings (SSSR count). The molecule has 0 aromatic heterocycles. The van der Waals surface area contributed by atoms with Gasteiger partial charge in [-0.3, -0.25) is 15.0 Å². The summed E-state index contributed by atoms with van der Waals surface area (Å²) in [5.41, 5.74) is 4.55. The van der Waals surface area contributed by atoms with Gasteiger partial charge in [0.25, 0.3) is 0 Å². The van der Waals surface area contributed by atoms with E-state index in [2.05, 4.69) is 15.9 Å². The molecule has 2 unspecified atom stereocenters. The highest BCUT2D eigenvalue weighted by atomic mass is 79.9. The average molecular weight is 582 g/mol. The molecule has 2 amide bonds. The predicted octanol–water partition coefficient (Wildman–Crippen LogP) is 6.56. The van der Waals surface area contributed by atoms with Gasteiger partial charge in [-0.2, -0.15) is 5.10 Å². The van der Waals surface area contributed by atoms with E-state index in [1.165, 1.54) is 4.90 Å². The second-order valence-corrected chi connectivity index (χ2v) is 11.2. The molecular formula is C27H22BrClN4O2S. The Labute approximate surface area is 227 Å². The van der Waals surface area contributed by atoms with Crippen LogP contribution >= 0.6 is 39.3 Å². The average Bonchev–Trinajstić information content (AvgIpc) is 3.42. The highest BCUT2D eigenvalue weighted by molar-refractivity contribution is 9.10. The zero-order chi connectivity index (χ0) is 25.4. The summed E-state index contributed by atoms with van der Waals surface area (Å²) < 4.78 is 0.970. The molecule has 1 fully saturated rings. The van der Waals surface area contributed by atoms with Gasteiger partial charge < -0.3 is 0 Å². The van der Waals surface area contributed by atoms with Crippen LogP contribution in [0.3, 0.4) is 0 Å². The van der Waals surface area contributed by atoms with E-state index in [4.69, 9.17) is 22.1 Å². The second-order valence-electron chi connectivity index (χ2n) is 8.69. The van der Waals surface area contributed by atoms with Crippen molar-refractivity contribution in [3.63, 3.8) is 0 Å². The van der Waals surface area contributed by atoms with Crippen molar-refractivity contribution in [1.29, 1.82) is 5.41 Å². The Bertz CT molecular complexity index is 1360. The summed E-state index contributed by atoms with van der Waals surface area (Å²) in [7, 11) is 0. The van der Waals surface area contributed by atoms with E-state index >= 15 is 0 Å². The van der Waals surface area contributed by atoms with Gasteiger partial charge in [-0.1, -0.05) is 81.3 Å². The number of amides is 2. The lowest BCUT2D eigenvalue weighted by molar-refractivity contribution is -0.121. The number of amidine groups is 1. The molecule has 0 aliphatic carbocycles. The quantitative estimate of drug-likeness (QED) is 0.215. The van der Waals surface area contributed by atoms with Crippen LogP contribution in [-0.2, 0) is 9.59 Å². The number of anilines is 1. The number of hydrogen-bond acceptors (Lipinski definition) is 5. The van der Waals surface area contributed by atoms with Crippen LogP contribution in [-0.4, -0.2) is 33.0 Å². The van der Waals surface area contributed by atoms with Crippen molar-refractivity contribution < 1.29 is 9.59 Å². The Morgan fingerprint density at radius 2 is 1.67 bits per heavy atom. The van der Waals surface area contributed by atoms with Crippen LogP contribution in [0.25, 0.3) is 0 Å². The van der Waals surface area contributed by atoms with Gasteiger partial charge in [0.2, 0.25) is 11.8 Å². The van der Waals surface area contributed by atoms with Gasteiger partial charge in [-0.15, -0.1) is 0 Å². The fraction of sp³-hybridized carbons (Fsp3) is 0.185. The van der Waals surface area contributed by atoms with Crippen LogP contribution in [0.5, 0.6) is 0 Å². The lowest BCUT2D eigenvalue weighted by atomic mass is 9.98. The van der Waals surface area contributed by atoms with Gasteiger partial charge in [0.1, 0.15) is 5.25 Å². The third-order valence-electron chi connectivity index (χ3n) is 6.20. The van der Waals surface area contributed by atoms with Gasteiger partial charge in [0, 0.05) is 22.3 Å². The predicted molar refractivity (Wildman–Crippen MR) is 149 cm³/mol. The maximum atomic E-state index is 13.2. The monoisotopic (exact) mass is 580 g/mol. The first-order valence-electron chi connectivity index (χ1n) is 11.4. The highest BCUT2D eigenvalue weighted by Crippen LogP contribution is 2.38. The molecule has 1 N–H and O–H groups in total. The smallest absolute Gasteiger partial charge is 0.247 e. The summed E-state index contributed by atoms with van der Waals surface area (Å²) in [5, 5.41) is 15.3. The number of carbonyl (C=O) groups excluding carboxylic acids is 2. The molecule has 0 radical (unpaired) electrons. The van der Waals surface area contributed by atoms with E-state index < -0.39 is 5.25 Å². The first-order chi connectivity index (χ1) is 17.3. The summed E-state index contributed by atoms with van der Waals surface area (Å²) in [6, 6.07) is 22.5. The molecule has 2 aliphatic heterocycles. The summed E-state index contributed by atoms with van der Waals surface area (Å²) in [6.45, 7) is 2.04. The first-order valence-corrected chi connectivity index (χ1v) is 13.4. The highest BCUT2D eigenvalue weighted by Gasteiger charge is 2.42. The fourth-order valence-electron chi connectivity index (χ4n) is 4.31. The third kappa shape index (κ3) is 4.98. The summed E-state index contributed by atoms with van der Waals surface area (Å²) in [6.07, 6.45) is 0.655. The molecule has 6 nitrogen and oxygen atoms in total. The molecule has 2 aliphatic rings. The summed E-state index contributed by atoms with van der Waals surface area (Å²) in [5.74, 6) is -0.624. The number of nitrogens with zero attached hydrogens (tertiary/aromatic N) is 3. The van der Waals surface area contributed by atoms with E-state index in [0.717, 1.165) is 38.6 Å². The van der Waals surface area contributed by atoms with Crippen molar-refractivity contribution in [2.75, 3.05) is 4.90 Å². The number of rotatable bonds is 4. The number of imide groups is 1. The van der Waals surface area contributed by atoms with Crippen molar-refractivity contribution >= 4 is 67.7 Å². The molecule has 1 saturated heterocycles. The van der Waals surface area contributed by atoms with Crippen LogP contribution < -0.4 is 4.90 Å². The third-order valence-corrected chi connectivity index (χ3v) is 8.05. The molecular weight excluding hydrogens is 560 g/mol. The van der Waals surface area contributed by atoms with Crippen molar-refractivity contribution in [1.82, 2.24) is 5.01 Å². The zero-order valence-corrected chi connectivity index (χ0v) is 22.5. The number of aryl methyl sites for hydroxylation is 1. The maximum absolute atomic E-state index is 13.2. The van der Waals surface area contributed by atoms with Gasteiger partial charge in [-0.25, -0.2) is 9.91 Å². The SMILES string of the molecule is Cc1ccc(C2=NN(C(=N)SC3CC(=O)N(c4ccc(Cl)cc4)C3=O)C(c3ccc(Br)cc3)C2)cc1. The Kier molecular flexibility index (Phi) is 7.01. The molecule has 2 atom stereocenters. The number of nitrogens with one attached hydrogen (secondary N) is 1. The Morgan fingerprint density at radius 3 is 2.33 bits per heavy atom. The minimum absolute atomic E-state index is 0.0276. The molecule has 0 spiro atoms. The van der Waals surface area contributed by atoms with Crippen molar-refractivity contribution in [3.8, 4) is 0 Å². The Morgan fingerprint density at radius 1 is 1.00 bits per heavy atom. The number of benzene rings is 3. The molecule has 36 heavy (non-hydrogen) atoms. The van der Waals surface area contributed by atoms with Gasteiger partial charge in [0.05, 0.1) is 17.4 Å². The minimum Gasteiger partial charge on any atom is -0.277 e. The normalized spacial score (nSPS) is 19.7. The van der Waals surface area contributed by atoms with Crippen molar-refractivity contribution in [2.24, 2.45) is 5.10 Å². The zero-order valence-electron chi connectivity index (χ0n) is 19.3. The molecule has 3 aromatic carbocycles. The summed E-state index contributed by atoms with van der Waals surface area (Å²) >= 11 is 10.5. The Hall–Kier alpha value is -2.94. The van der Waals surface area contributed by atoms with Gasteiger partial charge >= 0.3 is 0 Å². The number of hydrogen-bond donors (Lipinski definition) is 1. The lowest BCUT2D eigenvalue weighted by Crippen LogP contribution is -2.32. The second kappa shape index (κ2) is 10.2. The summed E-state index contributed by atoms with van der Waals surface area (Å²) in [4.78, 5) is 27.0. The number of hydrazone groups is 1. The van der Waals surface area contributed by atoms with E-state index in [1.807, 2.05) is 55.5 Å². The largest absolute Gasteiger partial charge is 0.277 e. The minimum atomic E-state index is -0.690. The topological polar surface area (TPSA) is 76.8 Å². The molecule has 0 saturated carbocycles. The maximum Gasteiger partial charge on any atom is 0.247 e. The molecule has 2 heterocycles. The number of thioether (sulfide) groups is 1. The van der Waals surface area contributed by atoms with Gasteiger partial charge in [-0.05, 0) is 54.4 Å². The van der Waals surface area contributed by atoms with E-state index in [-0.39, 0.29) is 29.4 Å². The van der Waals surface area contributed by atoms with Crippen LogP contribution in [0.4, 0.5) is 5.69 Å². The molecule has 3 aromatic rings.